The van der Waals surface area contributed by atoms with Gasteiger partial charge in [0.05, 0.1) is 11.0 Å². The number of nitrogens with one attached hydrogen (secondary N) is 2. The summed E-state index contributed by atoms with van der Waals surface area (Å²) in [5.74, 6) is -9.75. The number of carbonyl (C=O) groups excluding carboxylic acids is 2. The molecule has 0 unspecified atom stereocenters. The van der Waals surface area contributed by atoms with Crippen LogP contribution < -0.4 is 16.2 Å². The van der Waals surface area contributed by atoms with Gasteiger partial charge in [0, 0.05) is 32.8 Å². The summed E-state index contributed by atoms with van der Waals surface area (Å²) in [4.78, 5) is 42.6. The molecule has 3 N–H and O–H groups in total. The molecule has 0 saturated carbocycles. The Balaban J connectivity index is 2.20. The molecular weight excluding hydrogens is 423 g/mol. The molecule has 3 rings (SSSR count). The highest BCUT2D eigenvalue weighted by molar-refractivity contribution is 5.94. The normalized spacial score (nSPS) is 18.4. The van der Waals surface area contributed by atoms with Gasteiger partial charge in [-0.3, -0.25) is 19.0 Å². The van der Waals surface area contributed by atoms with Gasteiger partial charge in [-0.05, 0) is 31.4 Å². The zero-order valence-electron chi connectivity index (χ0n) is 29.0. The van der Waals surface area contributed by atoms with Gasteiger partial charge in [-0.1, -0.05) is 12.1 Å². The molecule has 12 heteroatoms. The number of aromatic hydroxyl groups is 1. The molecule has 2 heterocycles. The summed E-state index contributed by atoms with van der Waals surface area (Å²) in [5, 5.41) is 20.4. The Morgan fingerprint density at radius 2 is 2.00 bits per heavy atom. The minimum Gasteiger partial charge on any atom is -0.501 e. The van der Waals surface area contributed by atoms with Gasteiger partial charge < -0.3 is 20.2 Å². The van der Waals surface area contributed by atoms with E-state index in [0.717, 1.165) is 7.05 Å². The van der Waals surface area contributed by atoms with Crippen LogP contribution in [-0.4, -0.2) is 36.7 Å². The molecule has 168 valence electrons. The Labute approximate surface area is 199 Å². The largest absolute Gasteiger partial charge is 0.501 e. The minimum absolute atomic E-state index is 0.218. The van der Waals surface area contributed by atoms with Gasteiger partial charge in [0.2, 0.25) is 11.6 Å². The van der Waals surface area contributed by atoms with E-state index in [4.69, 9.17) is 22.2 Å². The molecule has 2 aromatic heterocycles. The van der Waals surface area contributed by atoms with Crippen LogP contribution in [0.4, 0.5) is 4.39 Å². The fourth-order valence-corrected chi connectivity index (χ4v) is 2.34. The Morgan fingerprint density at radius 1 is 1.28 bits per heavy atom. The molecule has 0 saturated heterocycles. The van der Waals surface area contributed by atoms with Crippen LogP contribution in [-0.2, 0) is 19.1 Å². The van der Waals surface area contributed by atoms with Gasteiger partial charge in [-0.25, -0.2) is 9.37 Å². The van der Waals surface area contributed by atoms with Crippen molar-refractivity contribution in [1.29, 1.82) is 0 Å². The monoisotopic (exact) mass is 457 g/mol. The van der Waals surface area contributed by atoms with Gasteiger partial charge in [0.1, 0.15) is 11.6 Å². The number of aromatic nitrogens is 4. The standard InChI is InChI=1S/C20H21FN6O5/c1-10-25-26-17(32-10)16(30)24-20(2,3)19-23-13(14(28)18(31)27(19)4)15(29)22-9-11-5-7-12(21)8-6-11/h5-8,28H,9H2,1-4H3,(H,22,29)(H,24,30)/i1D3,2D3,3D3,5D,6D,7D,8D. The van der Waals surface area contributed by atoms with Crippen LogP contribution in [0.5, 0.6) is 5.75 Å². The average Bonchev–Trinajstić information content (AvgIpc) is 3.43. The summed E-state index contributed by atoms with van der Waals surface area (Å²) in [6.07, 6.45) is 0. The maximum Gasteiger partial charge on any atom is 0.309 e. The number of nitrogens with zero attached hydrogens (tertiary/aromatic N) is 4. The molecule has 0 spiro atoms. The lowest BCUT2D eigenvalue weighted by Gasteiger charge is -2.27. The van der Waals surface area contributed by atoms with Crippen molar-refractivity contribution in [3.63, 3.8) is 0 Å². The molecule has 0 radical (unpaired) electrons. The highest BCUT2D eigenvalue weighted by atomic mass is 19.1. The quantitative estimate of drug-likeness (QED) is 0.494. The lowest BCUT2D eigenvalue weighted by molar-refractivity contribution is 0.0869. The first-order valence-electron chi connectivity index (χ1n) is 14.9. The van der Waals surface area contributed by atoms with E-state index >= 15 is 0 Å². The van der Waals surface area contributed by atoms with Crippen LogP contribution in [0.15, 0.2) is 33.4 Å². The second-order valence-electron chi connectivity index (χ2n) is 6.09. The second-order valence-corrected chi connectivity index (χ2v) is 6.09. The lowest BCUT2D eigenvalue weighted by Crippen LogP contribution is -2.46. The predicted molar refractivity (Wildman–Crippen MR) is 108 cm³/mol. The van der Waals surface area contributed by atoms with Crippen molar-refractivity contribution >= 4 is 11.8 Å². The fraction of sp³-hybridized carbons (Fsp3) is 0.300. The molecule has 0 aliphatic carbocycles. The summed E-state index contributed by atoms with van der Waals surface area (Å²) in [7, 11) is 0.757. The highest BCUT2D eigenvalue weighted by Gasteiger charge is 2.32. The smallest absolute Gasteiger partial charge is 0.309 e. The van der Waals surface area contributed by atoms with Gasteiger partial charge in [-0.15, -0.1) is 10.2 Å². The number of hydrogen-bond acceptors (Lipinski definition) is 8. The van der Waals surface area contributed by atoms with Crippen LogP contribution >= 0.6 is 0 Å². The van der Waals surface area contributed by atoms with Crippen molar-refractivity contribution in [2.75, 3.05) is 0 Å². The summed E-state index contributed by atoms with van der Waals surface area (Å²) in [5.41, 5.74) is -7.08. The van der Waals surface area contributed by atoms with Gasteiger partial charge in [-0.2, -0.15) is 0 Å². The van der Waals surface area contributed by atoms with E-state index in [-0.39, 0.29) is 4.57 Å². The highest BCUT2D eigenvalue weighted by Crippen LogP contribution is 2.20. The summed E-state index contributed by atoms with van der Waals surface area (Å²) in [6, 6.07) is -3.91. The van der Waals surface area contributed by atoms with Crippen molar-refractivity contribution in [1.82, 2.24) is 30.4 Å². The van der Waals surface area contributed by atoms with E-state index in [2.05, 4.69) is 15.2 Å². The molecule has 2 amide bonds. The van der Waals surface area contributed by atoms with E-state index in [0.29, 0.717) is 0 Å². The number of hydrogen-bond donors (Lipinski definition) is 3. The van der Waals surface area contributed by atoms with Crippen LogP contribution in [0.25, 0.3) is 0 Å². The number of aryl methyl sites for hydroxylation is 1. The van der Waals surface area contributed by atoms with Crippen molar-refractivity contribution in [2.24, 2.45) is 7.05 Å². The molecule has 0 fully saturated rings. The zero-order chi connectivity index (χ0) is 34.6. The number of benzene rings is 1. The van der Waals surface area contributed by atoms with E-state index < -0.39 is 115 Å². The third-order valence-electron chi connectivity index (χ3n) is 3.81. The van der Waals surface area contributed by atoms with Crippen molar-refractivity contribution in [3.05, 3.63) is 69.2 Å². The number of rotatable bonds is 6. The van der Waals surface area contributed by atoms with Crippen LogP contribution in [0, 0.1) is 12.7 Å². The average molecular weight is 458 g/mol. The van der Waals surface area contributed by atoms with Crippen molar-refractivity contribution in [2.45, 2.75) is 32.6 Å². The second kappa shape index (κ2) is 8.57. The van der Waals surface area contributed by atoms with E-state index in [1.807, 2.05) is 5.32 Å². The third kappa shape index (κ3) is 4.63. The first-order valence-corrected chi connectivity index (χ1v) is 8.38. The molecule has 0 bridgehead atoms. The van der Waals surface area contributed by atoms with Gasteiger partial charge in [0.15, 0.2) is 5.69 Å². The van der Waals surface area contributed by atoms with Crippen LogP contribution in [0.3, 0.4) is 0 Å². The van der Waals surface area contributed by atoms with Crippen molar-refractivity contribution < 1.29 is 41.3 Å². The minimum atomic E-state index is -3.84. The van der Waals surface area contributed by atoms with Crippen molar-refractivity contribution in [3.8, 4) is 5.75 Å². The van der Waals surface area contributed by atoms with Gasteiger partial charge in [0.25, 0.3) is 11.5 Å². The van der Waals surface area contributed by atoms with E-state index in [1.165, 1.54) is 0 Å². The first kappa shape index (κ1) is 11.0. The number of amides is 2. The van der Waals surface area contributed by atoms with E-state index in [9.17, 15) is 23.9 Å². The molecular formula is C20H21FN6O5. The summed E-state index contributed by atoms with van der Waals surface area (Å²) in [6.45, 7) is -11.6. The molecule has 0 atom stereocenters. The van der Waals surface area contributed by atoms with Crippen LogP contribution in [0.2, 0.25) is 0 Å². The molecule has 0 aliphatic heterocycles. The maximum atomic E-state index is 13.9. The Bertz CT molecular complexity index is 1710. The predicted octanol–water partition coefficient (Wildman–Crippen LogP) is 0.912. The number of halogens is 1. The topological polar surface area (TPSA) is 152 Å². The Kier molecular flexibility index (Phi) is 2.94. The molecule has 11 nitrogen and oxygen atoms in total. The zero-order valence-corrected chi connectivity index (χ0v) is 16.0. The van der Waals surface area contributed by atoms with Gasteiger partial charge >= 0.3 is 11.8 Å². The first-order chi connectivity index (χ1) is 20.4. The SMILES string of the molecule is [2H]c1c([2H])c(CNC(=O)c2nc(C(NC(=O)c3nnc(C([2H])([2H])[2H])o3)(C([2H])([2H])[2H])C([2H])([2H])[2H])n(C)c(=O)c2O)c([2H])c([2H])c1F. The third-order valence-corrected chi connectivity index (χ3v) is 3.81. The number of carbonyl (C=O) groups is 2. The lowest BCUT2D eigenvalue weighted by atomic mass is 10.0. The fourth-order valence-electron chi connectivity index (χ4n) is 2.34. The summed E-state index contributed by atoms with van der Waals surface area (Å²) >= 11 is 0. The maximum absolute atomic E-state index is 13.9. The van der Waals surface area contributed by atoms with E-state index in [1.54, 1.807) is 5.32 Å². The Hall–Kier alpha value is -4.09. The molecule has 32 heavy (non-hydrogen) atoms. The molecule has 1 aromatic carbocycles. The van der Waals surface area contributed by atoms with Crippen LogP contribution in [0.1, 0.15) is 70.0 Å². The molecule has 3 aromatic rings. The summed E-state index contributed by atoms with van der Waals surface area (Å²) < 4.78 is 120. The Morgan fingerprint density at radius 3 is 2.62 bits per heavy atom. The molecule has 0 aliphatic rings.